The molecule has 1 saturated heterocycles. The van der Waals surface area contributed by atoms with Crippen LogP contribution in [-0.2, 0) is 17.8 Å². The van der Waals surface area contributed by atoms with Crippen LogP contribution in [-0.4, -0.2) is 11.9 Å². The van der Waals surface area contributed by atoms with E-state index in [1.54, 1.807) is 11.8 Å². The second-order valence-electron chi connectivity index (χ2n) is 6.98. The highest BCUT2D eigenvalue weighted by Gasteiger charge is 2.33. The van der Waals surface area contributed by atoms with Gasteiger partial charge in [0.05, 0.1) is 4.88 Å². The summed E-state index contributed by atoms with van der Waals surface area (Å²) in [5, 5.41) is 6.88. The van der Waals surface area contributed by atoms with E-state index < -0.39 is 12.1 Å². The van der Waals surface area contributed by atoms with Gasteiger partial charge < -0.3 is 10.1 Å². The summed E-state index contributed by atoms with van der Waals surface area (Å²) in [6.07, 6.45) is 2.21. The highest BCUT2D eigenvalue weighted by molar-refractivity contribution is 7.99. The van der Waals surface area contributed by atoms with Gasteiger partial charge in [0.25, 0.3) is 5.91 Å². The number of benzene rings is 2. The Morgan fingerprint density at radius 1 is 1.07 bits per heavy atom. The van der Waals surface area contributed by atoms with Gasteiger partial charge >= 0.3 is 6.03 Å². The molecular weight excluding hydrogens is 416 g/mol. The lowest BCUT2D eigenvalue weighted by Gasteiger charge is -2.10. The van der Waals surface area contributed by atoms with Crippen LogP contribution in [0.1, 0.15) is 35.4 Å². The number of urea groups is 1. The third-order valence-electron chi connectivity index (χ3n) is 4.68. The third-order valence-corrected chi connectivity index (χ3v) is 6.88. The third kappa shape index (κ3) is 4.86. The number of nitrogens with one attached hydrogen (secondary N) is 2. The minimum absolute atomic E-state index is 0.309. The standard InChI is InChI=1S/C23H22N2O3S2/c1-2-4-15-5-3-6-16(13-15)14-28-17-7-9-18(10-8-17)30-19-11-12-29-21(19)20-22(26)25-23(27)24-20/h3,5-13,20H,2,4,14H2,1H3,(H2,24,25,26,27). The maximum atomic E-state index is 12.0. The van der Waals surface area contributed by atoms with Crippen LogP contribution in [0.2, 0.25) is 0 Å². The molecule has 30 heavy (non-hydrogen) atoms. The molecule has 1 aliphatic heterocycles. The Hall–Kier alpha value is -2.77. The summed E-state index contributed by atoms with van der Waals surface area (Å²) in [4.78, 5) is 26.2. The first-order valence-electron chi connectivity index (χ1n) is 9.79. The molecule has 2 N–H and O–H groups in total. The van der Waals surface area contributed by atoms with E-state index in [4.69, 9.17) is 4.74 Å². The smallest absolute Gasteiger partial charge is 0.322 e. The van der Waals surface area contributed by atoms with Crippen LogP contribution in [0.15, 0.2) is 69.8 Å². The van der Waals surface area contributed by atoms with Crippen molar-refractivity contribution in [1.29, 1.82) is 0 Å². The van der Waals surface area contributed by atoms with Gasteiger partial charge in [-0.1, -0.05) is 49.4 Å². The van der Waals surface area contributed by atoms with Gasteiger partial charge in [0.15, 0.2) is 0 Å². The van der Waals surface area contributed by atoms with E-state index in [0.29, 0.717) is 6.61 Å². The van der Waals surface area contributed by atoms with Crippen LogP contribution in [0, 0.1) is 0 Å². The van der Waals surface area contributed by atoms with E-state index in [1.807, 2.05) is 35.7 Å². The molecule has 1 aliphatic rings. The Balaban J connectivity index is 1.38. The highest BCUT2D eigenvalue weighted by atomic mass is 32.2. The maximum absolute atomic E-state index is 12.0. The van der Waals surface area contributed by atoms with Crippen molar-refractivity contribution in [2.24, 2.45) is 0 Å². The van der Waals surface area contributed by atoms with Gasteiger partial charge in [-0.3, -0.25) is 10.1 Å². The van der Waals surface area contributed by atoms with Gasteiger partial charge in [0, 0.05) is 9.79 Å². The molecule has 1 unspecified atom stereocenters. The number of aryl methyl sites for hydroxylation is 1. The van der Waals surface area contributed by atoms with E-state index in [9.17, 15) is 9.59 Å². The Kier molecular flexibility index (Phi) is 6.40. The van der Waals surface area contributed by atoms with Gasteiger partial charge in [-0.05, 0) is 53.3 Å². The number of rotatable bonds is 8. The summed E-state index contributed by atoms with van der Waals surface area (Å²) < 4.78 is 5.94. The zero-order chi connectivity index (χ0) is 20.9. The summed E-state index contributed by atoms with van der Waals surface area (Å²) in [6, 6.07) is 17.3. The second-order valence-corrected chi connectivity index (χ2v) is 9.04. The van der Waals surface area contributed by atoms with Crippen LogP contribution >= 0.6 is 23.1 Å². The SMILES string of the molecule is CCCc1cccc(COc2ccc(Sc3ccsc3C3NC(=O)NC3=O)cc2)c1. The number of hydrogen-bond donors (Lipinski definition) is 2. The van der Waals surface area contributed by atoms with Crippen LogP contribution in [0.25, 0.3) is 0 Å². The largest absolute Gasteiger partial charge is 0.489 e. The van der Waals surface area contributed by atoms with Gasteiger partial charge in [0.1, 0.15) is 18.4 Å². The summed E-state index contributed by atoms with van der Waals surface area (Å²) >= 11 is 3.03. The quantitative estimate of drug-likeness (QED) is 0.468. The van der Waals surface area contributed by atoms with Gasteiger partial charge in [-0.15, -0.1) is 11.3 Å². The van der Waals surface area contributed by atoms with Crippen molar-refractivity contribution in [1.82, 2.24) is 10.6 Å². The minimum atomic E-state index is -0.619. The summed E-state index contributed by atoms with van der Waals surface area (Å²) in [5.41, 5.74) is 2.50. The lowest BCUT2D eigenvalue weighted by molar-refractivity contribution is -0.120. The van der Waals surface area contributed by atoms with E-state index in [0.717, 1.165) is 33.3 Å². The van der Waals surface area contributed by atoms with E-state index >= 15 is 0 Å². The van der Waals surface area contributed by atoms with Crippen molar-refractivity contribution in [2.75, 3.05) is 0 Å². The van der Waals surface area contributed by atoms with Gasteiger partial charge in [-0.25, -0.2) is 4.79 Å². The Bertz CT molecular complexity index is 1050. The monoisotopic (exact) mass is 438 g/mol. The second kappa shape index (κ2) is 9.36. The average Bonchev–Trinajstić information content (AvgIpc) is 3.33. The first-order chi connectivity index (χ1) is 14.6. The fourth-order valence-corrected chi connectivity index (χ4v) is 5.34. The molecule has 4 rings (SSSR count). The minimum Gasteiger partial charge on any atom is -0.489 e. The molecule has 2 aromatic carbocycles. The number of imide groups is 1. The van der Waals surface area contributed by atoms with Gasteiger partial charge in [0.2, 0.25) is 0 Å². The van der Waals surface area contributed by atoms with E-state index in [-0.39, 0.29) is 5.91 Å². The van der Waals surface area contributed by atoms with Crippen molar-refractivity contribution in [2.45, 2.75) is 42.2 Å². The van der Waals surface area contributed by atoms with Crippen molar-refractivity contribution in [3.8, 4) is 5.75 Å². The van der Waals surface area contributed by atoms with Crippen molar-refractivity contribution in [3.05, 3.63) is 76.0 Å². The Labute approximate surface area is 183 Å². The lowest BCUT2D eigenvalue weighted by atomic mass is 10.1. The number of amides is 3. The number of hydrogen-bond acceptors (Lipinski definition) is 5. The molecular formula is C23H22N2O3S2. The van der Waals surface area contributed by atoms with E-state index in [2.05, 4.69) is 41.8 Å². The van der Waals surface area contributed by atoms with Crippen molar-refractivity contribution in [3.63, 3.8) is 0 Å². The lowest BCUT2D eigenvalue weighted by Crippen LogP contribution is -2.22. The molecule has 2 heterocycles. The maximum Gasteiger partial charge on any atom is 0.322 e. The molecule has 1 aromatic heterocycles. The highest BCUT2D eigenvalue weighted by Crippen LogP contribution is 2.38. The number of thiophene rings is 1. The molecule has 0 bridgehead atoms. The summed E-state index contributed by atoms with van der Waals surface area (Å²) in [5.74, 6) is 0.504. The van der Waals surface area contributed by atoms with Crippen LogP contribution in [0.3, 0.4) is 0 Å². The van der Waals surface area contributed by atoms with Crippen LogP contribution in [0.4, 0.5) is 4.79 Å². The summed E-state index contributed by atoms with van der Waals surface area (Å²) in [6.45, 7) is 2.72. The zero-order valence-corrected chi connectivity index (χ0v) is 18.1. The van der Waals surface area contributed by atoms with Crippen molar-refractivity contribution < 1.29 is 14.3 Å². The zero-order valence-electron chi connectivity index (χ0n) is 16.5. The Morgan fingerprint density at radius 2 is 1.87 bits per heavy atom. The predicted octanol–water partition coefficient (Wildman–Crippen LogP) is 5.31. The summed E-state index contributed by atoms with van der Waals surface area (Å²) in [7, 11) is 0. The fourth-order valence-electron chi connectivity index (χ4n) is 3.27. The number of carbonyl (C=O) groups is 2. The van der Waals surface area contributed by atoms with Crippen molar-refractivity contribution >= 4 is 35.0 Å². The Morgan fingerprint density at radius 3 is 2.60 bits per heavy atom. The molecule has 5 nitrogen and oxygen atoms in total. The van der Waals surface area contributed by atoms with Crippen LogP contribution in [0.5, 0.6) is 5.75 Å². The predicted molar refractivity (Wildman–Crippen MR) is 119 cm³/mol. The molecule has 3 aromatic rings. The molecule has 3 amide bonds. The first kappa shape index (κ1) is 20.5. The molecule has 0 spiro atoms. The molecule has 1 fully saturated rings. The van der Waals surface area contributed by atoms with E-state index in [1.165, 1.54) is 22.5 Å². The van der Waals surface area contributed by atoms with Crippen LogP contribution < -0.4 is 15.4 Å². The molecule has 0 radical (unpaired) electrons. The molecule has 7 heteroatoms. The van der Waals surface area contributed by atoms with Gasteiger partial charge in [-0.2, -0.15) is 0 Å². The fraction of sp³-hybridized carbons (Fsp3) is 0.217. The average molecular weight is 439 g/mol. The topological polar surface area (TPSA) is 67.4 Å². The number of ether oxygens (including phenoxy) is 1. The first-order valence-corrected chi connectivity index (χ1v) is 11.5. The molecule has 0 saturated carbocycles. The molecule has 154 valence electrons. The normalized spacial score (nSPS) is 15.7. The number of carbonyl (C=O) groups excluding carboxylic acids is 2. The molecule has 1 atom stereocenters. The molecule has 0 aliphatic carbocycles.